The first-order valence-electron chi connectivity index (χ1n) is 8.99. The second-order valence-electron chi connectivity index (χ2n) is 7.09. The zero-order valence-electron chi connectivity index (χ0n) is 13.8. The van der Waals surface area contributed by atoms with E-state index in [0.29, 0.717) is 17.8 Å². The van der Waals surface area contributed by atoms with E-state index in [1.807, 2.05) is 11.0 Å². The summed E-state index contributed by atoms with van der Waals surface area (Å²) >= 11 is 0. The minimum Gasteiger partial charge on any atom is -0.342 e. The number of hydrogen-bond acceptors (Lipinski definition) is 3. The molecule has 126 valence electrons. The number of carbonyl (C=O) groups excluding carboxylic acids is 1. The highest BCUT2D eigenvalue weighted by molar-refractivity contribution is 5.79. The third-order valence-electron chi connectivity index (χ3n) is 5.53. The first-order chi connectivity index (χ1) is 11.7. The topological polar surface area (TPSA) is 66.1 Å². The SMILES string of the molecule is O=C(C1CCCCC1)N1CCC(c2cc3ncccc3c(=O)[nH]2)C1. The van der Waals surface area contributed by atoms with E-state index in [1.165, 1.54) is 19.3 Å². The fourth-order valence-electron chi connectivity index (χ4n) is 4.15. The van der Waals surface area contributed by atoms with Crippen LogP contribution in [-0.4, -0.2) is 33.9 Å². The zero-order chi connectivity index (χ0) is 16.5. The van der Waals surface area contributed by atoms with Crippen molar-refractivity contribution in [1.82, 2.24) is 14.9 Å². The molecule has 1 atom stereocenters. The number of hydrogen-bond donors (Lipinski definition) is 1. The molecule has 5 heteroatoms. The molecule has 0 radical (unpaired) electrons. The summed E-state index contributed by atoms with van der Waals surface area (Å²) in [6.07, 6.45) is 8.31. The van der Waals surface area contributed by atoms with Gasteiger partial charge in [0, 0.05) is 36.8 Å². The van der Waals surface area contributed by atoms with E-state index < -0.39 is 0 Å². The summed E-state index contributed by atoms with van der Waals surface area (Å²) < 4.78 is 0. The Labute approximate surface area is 141 Å². The van der Waals surface area contributed by atoms with Crippen molar-refractivity contribution in [2.45, 2.75) is 44.4 Å². The molecule has 2 aliphatic rings. The van der Waals surface area contributed by atoms with Crippen LogP contribution >= 0.6 is 0 Å². The van der Waals surface area contributed by atoms with Crippen LogP contribution in [0.5, 0.6) is 0 Å². The standard InChI is InChI=1S/C19H23N3O2/c23-18-15-7-4-9-20-17(15)11-16(21-18)14-8-10-22(12-14)19(24)13-5-2-1-3-6-13/h4,7,9,11,13-14H,1-3,5-6,8,10,12H2,(H,21,23). The van der Waals surface area contributed by atoms with Gasteiger partial charge in [-0.1, -0.05) is 19.3 Å². The van der Waals surface area contributed by atoms with Crippen LogP contribution in [-0.2, 0) is 4.79 Å². The molecule has 0 spiro atoms. The normalized spacial score (nSPS) is 22.2. The molecule has 4 rings (SSSR count). The number of H-pyrrole nitrogens is 1. The van der Waals surface area contributed by atoms with Crippen molar-refractivity contribution in [2.75, 3.05) is 13.1 Å². The number of amides is 1. The van der Waals surface area contributed by atoms with E-state index in [0.717, 1.165) is 37.0 Å². The summed E-state index contributed by atoms with van der Waals surface area (Å²) in [6, 6.07) is 5.53. The summed E-state index contributed by atoms with van der Waals surface area (Å²) in [7, 11) is 0. The van der Waals surface area contributed by atoms with E-state index >= 15 is 0 Å². The maximum atomic E-state index is 12.7. The van der Waals surface area contributed by atoms with Gasteiger partial charge in [-0.25, -0.2) is 0 Å². The zero-order valence-corrected chi connectivity index (χ0v) is 13.8. The average Bonchev–Trinajstić information content (AvgIpc) is 3.12. The number of likely N-dealkylation sites (tertiary alicyclic amines) is 1. The van der Waals surface area contributed by atoms with Gasteiger partial charge in [0.2, 0.25) is 5.91 Å². The number of nitrogens with zero attached hydrogens (tertiary/aromatic N) is 2. The van der Waals surface area contributed by atoms with Gasteiger partial charge in [0.15, 0.2) is 0 Å². The van der Waals surface area contributed by atoms with Crippen molar-refractivity contribution >= 4 is 16.8 Å². The monoisotopic (exact) mass is 325 g/mol. The summed E-state index contributed by atoms with van der Waals surface area (Å²) in [5, 5.41) is 0.620. The Hall–Kier alpha value is -2.17. The quantitative estimate of drug-likeness (QED) is 0.923. The molecule has 1 unspecified atom stereocenters. The lowest BCUT2D eigenvalue weighted by molar-refractivity contribution is -0.135. The van der Waals surface area contributed by atoms with Gasteiger partial charge in [-0.15, -0.1) is 0 Å². The van der Waals surface area contributed by atoms with Crippen LogP contribution in [0.4, 0.5) is 0 Å². The van der Waals surface area contributed by atoms with Gasteiger partial charge in [0.25, 0.3) is 5.56 Å². The lowest BCUT2D eigenvalue weighted by Crippen LogP contribution is -2.35. The van der Waals surface area contributed by atoms with Crippen molar-refractivity contribution in [1.29, 1.82) is 0 Å². The molecule has 0 aromatic carbocycles. The molecule has 1 N–H and O–H groups in total. The highest BCUT2D eigenvalue weighted by atomic mass is 16.2. The predicted octanol–water partition coefficient (Wildman–Crippen LogP) is 2.82. The van der Waals surface area contributed by atoms with Gasteiger partial charge in [0.1, 0.15) is 0 Å². The molecule has 5 nitrogen and oxygen atoms in total. The molecular formula is C19H23N3O2. The molecular weight excluding hydrogens is 302 g/mol. The van der Waals surface area contributed by atoms with Crippen molar-refractivity contribution in [2.24, 2.45) is 5.92 Å². The highest BCUT2D eigenvalue weighted by Gasteiger charge is 2.32. The summed E-state index contributed by atoms with van der Waals surface area (Å²) in [5.41, 5.74) is 1.55. The maximum absolute atomic E-state index is 12.7. The first-order valence-corrected chi connectivity index (χ1v) is 8.99. The van der Waals surface area contributed by atoms with Crippen molar-refractivity contribution in [3.05, 3.63) is 40.4 Å². The summed E-state index contributed by atoms with van der Waals surface area (Å²) in [6.45, 7) is 1.51. The second-order valence-corrected chi connectivity index (χ2v) is 7.09. The fourth-order valence-corrected chi connectivity index (χ4v) is 4.15. The number of pyridine rings is 2. The van der Waals surface area contributed by atoms with E-state index in [9.17, 15) is 9.59 Å². The van der Waals surface area contributed by atoms with Gasteiger partial charge in [-0.3, -0.25) is 14.6 Å². The summed E-state index contributed by atoms with van der Waals surface area (Å²) in [5.74, 6) is 0.741. The minimum atomic E-state index is -0.0901. The Morgan fingerprint density at radius 2 is 2.04 bits per heavy atom. The molecule has 1 saturated heterocycles. The van der Waals surface area contributed by atoms with Crippen LogP contribution in [0.15, 0.2) is 29.2 Å². The number of rotatable bonds is 2. The largest absolute Gasteiger partial charge is 0.342 e. The van der Waals surface area contributed by atoms with Crippen LogP contribution in [0.2, 0.25) is 0 Å². The Kier molecular flexibility index (Phi) is 4.08. The van der Waals surface area contributed by atoms with Crippen LogP contribution < -0.4 is 5.56 Å². The third kappa shape index (κ3) is 2.83. The van der Waals surface area contributed by atoms with Crippen molar-refractivity contribution in [3.8, 4) is 0 Å². The van der Waals surface area contributed by atoms with Gasteiger partial charge in [-0.2, -0.15) is 0 Å². The average molecular weight is 325 g/mol. The van der Waals surface area contributed by atoms with Crippen molar-refractivity contribution < 1.29 is 4.79 Å². The molecule has 24 heavy (non-hydrogen) atoms. The van der Waals surface area contributed by atoms with E-state index in [-0.39, 0.29) is 17.4 Å². The molecule has 2 fully saturated rings. The molecule has 1 saturated carbocycles. The second kappa shape index (κ2) is 6.38. The van der Waals surface area contributed by atoms with E-state index in [2.05, 4.69) is 9.97 Å². The molecule has 0 bridgehead atoms. The fraction of sp³-hybridized carbons (Fsp3) is 0.526. The molecule has 2 aromatic rings. The number of nitrogens with one attached hydrogen (secondary N) is 1. The van der Waals surface area contributed by atoms with Crippen LogP contribution in [0.3, 0.4) is 0 Å². The summed E-state index contributed by atoms with van der Waals surface area (Å²) in [4.78, 5) is 34.2. The third-order valence-corrected chi connectivity index (χ3v) is 5.53. The predicted molar refractivity (Wildman–Crippen MR) is 92.9 cm³/mol. The van der Waals surface area contributed by atoms with Gasteiger partial charge < -0.3 is 9.88 Å². The Balaban J connectivity index is 1.52. The van der Waals surface area contributed by atoms with E-state index in [4.69, 9.17) is 0 Å². The highest BCUT2D eigenvalue weighted by Crippen LogP contribution is 2.31. The number of aromatic amines is 1. The lowest BCUT2D eigenvalue weighted by atomic mass is 9.88. The number of carbonyl (C=O) groups is 1. The van der Waals surface area contributed by atoms with Crippen LogP contribution in [0.1, 0.15) is 50.1 Å². The van der Waals surface area contributed by atoms with Crippen LogP contribution in [0.25, 0.3) is 10.9 Å². The smallest absolute Gasteiger partial charge is 0.257 e. The van der Waals surface area contributed by atoms with E-state index in [1.54, 1.807) is 18.3 Å². The van der Waals surface area contributed by atoms with Gasteiger partial charge in [0.05, 0.1) is 10.9 Å². The van der Waals surface area contributed by atoms with Crippen molar-refractivity contribution in [3.63, 3.8) is 0 Å². The molecule has 1 amide bonds. The Morgan fingerprint density at radius 3 is 2.88 bits per heavy atom. The van der Waals surface area contributed by atoms with Gasteiger partial charge >= 0.3 is 0 Å². The Bertz CT molecular complexity index is 808. The Morgan fingerprint density at radius 1 is 1.21 bits per heavy atom. The van der Waals surface area contributed by atoms with Gasteiger partial charge in [-0.05, 0) is 37.5 Å². The number of fused-ring (bicyclic) bond motifs is 1. The molecule has 1 aliphatic heterocycles. The molecule has 2 aromatic heterocycles. The molecule has 1 aliphatic carbocycles. The molecule has 3 heterocycles. The first kappa shape index (κ1) is 15.4. The number of aromatic nitrogens is 2. The van der Waals surface area contributed by atoms with Crippen LogP contribution in [0, 0.1) is 5.92 Å². The maximum Gasteiger partial charge on any atom is 0.257 e. The lowest BCUT2D eigenvalue weighted by Gasteiger charge is -2.26. The minimum absolute atomic E-state index is 0.0901.